The van der Waals surface area contributed by atoms with Crippen LogP contribution in [0.1, 0.15) is 53.7 Å². The highest BCUT2D eigenvalue weighted by molar-refractivity contribution is 7.18. The Bertz CT molecular complexity index is 1370. The zero-order valence-corrected chi connectivity index (χ0v) is 20.6. The molecule has 2 heterocycles. The average molecular weight is 466 g/mol. The number of hydrogen-bond donors (Lipinski definition) is 1. The van der Waals surface area contributed by atoms with Crippen LogP contribution in [0.4, 0.5) is 0 Å². The molecule has 0 saturated heterocycles. The number of nitrogens with zero attached hydrogens (tertiary/aromatic N) is 2. The van der Waals surface area contributed by atoms with Crippen LogP contribution < -0.4 is 16.6 Å². The lowest BCUT2D eigenvalue weighted by molar-refractivity contribution is -0.121. The fourth-order valence-electron chi connectivity index (χ4n) is 4.38. The van der Waals surface area contributed by atoms with Gasteiger partial charge in [0.25, 0.3) is 5.56 Å². The van der Waals surface area contributed by atoms with Gasteiger partial charge in [0.2, 0.25) is 5.91 Å². The van der Waals surface area contributed by atoms with Crippen molar-refractivity contribution in [2.75, 3.05) is 6.54 Å². The minimum Gasteiger partial charge on any atom is -0.354 e. The Morgan fingerprint density at radius 1 is 1.09 bits per heavy atom. The maximum atomic E-state index is 13.5. The van der Waals surface area contributed by atoms with Crippen LogP contribution in [0.5, 0.6) is 0 Å². The highest BCUT2D eigenvalue weighted by Gasteiger charge is 2.21. The molecule has 0 radical (unpaired) electrons. The number of thiophene rings is 1. The van der Waals surface area contributed by atoms with E-state index in [0.717, 1.165) is 40.8 Å². The minimum atomic E-state index is -0.484. The molecular formula is C26H31N3O3S. The van der Waals surface area contributed by atoms with Crippen molar-refractivity contribution in [1.29, 1.82) is 0 Å². The number of nitrogens with one attached hydrogen (secondary N) is 1. The Kier molecular flexibility index (Phi) is 6.70. The van der Waals surface area contributed by atoms with Crippen LogP contribution in [0.15, 0.2) is 39.4 Å². The van der Waals surface area contributed by atoms with Gasteiger partial charge >= 0.3 is 5.69 Å². The fourth-order valence-corrected chi connectivity index (χ4v) is 5.52. The summed E-state index contributed by atoms with van der Waals surface area (Å²) in [6.07, 6.45) is 7.79. The highest BCUT2D eigenvalue weighted by atomic mass is 32.1. The van der Waals surface area contributed by atoms with E-state index in [1.54, 1.807) is 6.07 Å². The summed E-state index contributed by atoms with van der Waals surface area (Å²) in [5.41, 5.74) is 4.05. The third-order valence-electron chi connectivity index (χ3n) is 6.65. The second-order valence-electron chi connectivity index (χ2n) is 8.95. The van der Waals surface area contributed by atoms with Crippen LogP contribution in [0.3, 0.4) is 0 Å². The number of amides is 1. The molecule has 3 aromatic rings. The van der Waals surface area contributed by atoms with Gasteiger partial charge in [-0.3, -0.25) is 14.2 Å². The van der Waals surface area contributed by atoms with Crippen molar-refractivity contribution < 1.29 is 4.79 Å². The maximum absolute atomic E-state index is 13.5. The lowest BCUT2D eigenvalue weighted by Crippen LogP contribution is -2.41. The number of carbonyl (C=O) groups excluding carboxylic acids is 1. The SMILES string of the molecule is Cc1ccc(-n2c(=O)c3c(C)c(C)sc3n(CC(=O)NCCC3=CCCCC3)c2=O)cc1C. The van der Waals surface area contributed by atoms with E-state index in [-0.39, 0.29) is 18.0 Å². The van der Waals surface area contributed by atoms with E-state index in [1.807, 2.05) is 39.8 Å². The number of fused-ring (bicyclic) bond motifs is 1. The van der Waals surface area contributed by atoms with Gasteiger partial charge in [0, 0.05) is 11.4 Å². The van der Waals surface area contributed by atoms with E-state index in [4.69, 9.17) is 0 Å². The van der Waals surface area contributed by atoms with Crippen LogP contribution in [-0.4, -0.2) is 21.6 Å². The van der Waals surface area contributed by atoms with Crippen LogP contribution in [0.25, 0.3) is 15.9 Å². The molecule has 6 nitrogen and oxygen atoms in total. The molecular weight excluding hydrogens is 434 g/mol. The van der Waals surface area contributed by atoms with Crippen LogP contribution in [0.2, 0.25) is 0 Å². The van der Waals surface area contributed by atoms with Gasteiger partial charge in [-0.15, -0.1) is 11.3 Å². The summed E-state index contributed by atoms with van der Waals surface area (Å²) >= 11 is 1.39. The third-order valence-corrected chi connectivity index (χ3v) is 7.88. The highest BCUT2D eigenvalue weighted by Crippen LogP contribution is 2.27. The van der Waals surface area contributed by atoms with E-state index in [0.29, 0.717) is 22.4 Å². The maximum Gasteiger partial charge on any atom is 0.337 e. The third kappa shape index (κ3) is 4.60. The van der Waals surface area contributed by atoms with Crippen molar-refractivity contribution in [3.8, 4) is 5.69 Å². The topological polar surface area (TPSA) is 73.1 Å². The molecule has 0 aliphatic heterocycles. The number of carbonyl (C=O) groups is 1. The van der Waals surface area contributed by atoms with Crippen molar-refractivity contribution in [3.05, 3.63) is 72.3 Å². The summed E-state index contributed by atoms with van der Waals surface area (Å²) in [7, 11) is 0. The molecule has 0 fully saturated rings. The number of hydrogen-bond acceptors (Lipinski definition) is 4. The van der Waals surface area contributed by atoms with Gasteiger partial charge in [0.1, 0.15) is 11.4 Å². The summed E-state index contributed by atoms with van der Waals surface area (Å²) in [5, 5.41) is 3.47. The molecule has 1 aliphatic rings. The quantitative estimate of drug-likeness (QED) is 0.547. The number of aromatic nitrogens is 2. The Balaban J connectivity index is 1.71. The van der Waals surface area contributed by atoms with Gasteiger partial charge < -0.3 is 5.32 Å². The molecule has 0 saturated carbocycles. The second kappa shape index (κ2) is 9.51. The predicted octanol–water partition coefficient (Wildman–Crippen LogP) is 4.45. The minimum absolute atomic E-state index is 0.112. The van der Waals surface area contributed by atoms with Crippen molar-refractivity contribution in [2.45, 2.75) is 66.3 Å². The molecule has 2 aromatic heterocycles. The van der Waals surface area contributed by atoms with Crippen molar-refractivity contribution in [3.63, 3.8) is 0 Å². The Morgan fingerprint density at radius 2 is 1.88 bits per heavy atom. The van der Waals surface area contributed by atoms with Crippen molar-refractivity contribution >= 4 is 27.5 Å². The van der Waals surface area contributed by atoms with Crippen LogP contribution in [0, 0.1) is 27.7 Å². The van der Waals surface area contributed by atoms with Crippen LogP contribution >= 0.6 is 11.3 Å². The Labute approximate surface area is 197 Å². The fraction of sp³-hybridized carbons (Fsp3) is 0.423. The zero-order valence-electron chi connectivity index (χ0n) is 19.8. The van der Waals surface area contributed by atoms with Crippen LogP contribution in [-0.2, 0) is 11.3 Å². The molecule has 33 heavy (non-hydrogen) atoms. The largest absolute Gasteiger partial charge is 0.354 e. The summed E-state index contributed by atoms with van der Waals surface area (Å²) in [4.78, 5) is 41.3. The first-order valence-corrected chi connectivity index (χ1v) is 12.4. The van der Waals surface area contributed by atoms with E-state index < -0.39 is 5.69 Å². The molecule has 1 N–H and O–H groups in total. The average Bonchev–Trinajstić information content (AvgIpc) is 3.09. The smallest absolute Gasteiger partial charge is 0.337 e. The van der Waals surface area contributed by atoms with E-state index in [1.165, 1.54) is 38.9 Å². The van der Waals surface area contributed by atoms with Gasteiger partial charge in [-0.2, -0.15) is 0 Å². The lowest BCUT2D eigenvalue weighted by Gasteiger charge is -2.15. The molecule has 7 heteroatoms. The second-order valence-corrected chi connectivity index (χ2v) is 10.2. The van der Waals surface area contributed by atoms with Crippen molar-refractivity contribution in [1.82, 2.24) is 14.5 Å². The molecule has 1 amide bonds. The molecule has 4 rings (SSSR count). The molecule has 0 unspecified atom stereocenters. The summed E-state index contributed by atoms with van der Waals surface area (Å²) in [6, 6.07) is 5.54. The number of benzene rings is 1. The predicted molar refractivity (Wildman–Crippen MR) is 135 cm³/mol. The van der Waals surface area contributed by atoms with E-state index in [2.05, 4.69) is 11.4 Å². The van der Waals surface area contributed by atoms with E-state index in [9.17, 15) is 14.4 Å². The first-order valence-electron chi connectivity index (χ1n) is 11.6. The molecule has 0 spiro atoms. The lowest BCUT2D eigenvalue weighted by atomic mass is 9.97. The van der Waals surface area contributed by atoms with Gasteiger partial charge in [0.05, 0.1) is 11.1 Å². The van der Waals surface area contributed by atoms with Gasteiger partial charge in [0.15, 0.2) is 0 Å². The molecule has 1 aliphatic carbocycles. The first-order chi connectivity index (χ1) is 15.8. The molecule has 174 valence electrons. The summed E-state index contributed by atoms with van der Waals surface area (Å²) in [5.74, 6) is -0.219. The van der Waals surface area contributed by atoms with Crippen molar-refractivity contribution in [2.24, 2.45) is 0 Å². The summed E-state index contributed by atoms with van der Waals surface area (Å²) in [6.45, 7) is 8.22. The van der Waals surface area contributed by atoms with Gasteiger partial charge in [-0.1, -0.05) is 17.7 Å². The van der Waals surface area contributed by atoms with E-state index >= 15 is 0 Å². The Morgan fingerprint density at radius 3 is 2.58 bits per heavy atom. The number of aryl methyl sites for hydroxylation is 4. The standard InChI is InChI=1S/C26H31N3O3S/c1-16-10-11-21(14-17(16)2)29-24(31)23-18(3)19(4)33-25(23)28(26(29)32)15-22(30)27-13-12-20-8-6-5-7-9-20/h8,10-11,14H,5-7,9,12-13,15H2,1-4H3,(H,27,30). The normalized spacial score (nSPS) is 13.9. The zero-order chi connectivity index (χ0) is 23.7. The molecule has 0 atom stereocenters. The first kappa shape index (κ1) is 23.2. The Hall–Kier alpha value is -2.93. The van der Waals surface area contributed by atoms with Gasteiger partial charge in [-0.25, -0.2) is 9.36 Å². The number of rotatable bonds is 6. The number of allylic oxidation sites excluding steroid dienone is 1. The summed E-state index contributed by atoms with van der Waals surface area (Å²) < 4.78 is 2.65. The molecule has 1 aromatic carbocycles. The molecule has 0 bridgehead atoms. The van der Waals surface area contributed by atoms with Gasteiger partial charge in [-0.05, 0) is 88.6 Å². The monoisotopic (exact) mass is 465 g/mol.